The van der Waals surface area contributed by atoms with Crippen LogP contribution in [0.1, 0.15) is 44.2 Å². The lowest BCUT2D eigenvalue weighted by atomic mass is 9.86. The van der Waals surface area contributed by atoms with Crippen molar-refractivity contribution < 1.29 is 4.84 Å². The van der Waals surface area contributed by atoms with E-state index in [4.69, 9.17) is 4.84 Å². The number of hydrogen-bond acceptors (Lipinski definition) is 3. The normalized spacial score (nSPS) is 20.7. The van der Waals surface area contributed by atoms with Crippen LogP contribution in [0.15, 0.2) is 30.5 Å². The molecule has 1 unspecified atom stereocenters. The van der Waals surface area contributed by atoms with Gasteiger partial charge in [-0.2, -0.15) is 0 Å². The van der Waals surface area contributed by atoms with E-state index in [1.807, 2.05) is 5.06 Å². The van der Waals surface area contributed by atoms with Crippen molar-refractivity contribution in [3.8, 4) is 0 Å². The van der Waals surface area contributed by atoms with Gasteiger partial charge in [-0.1, -0.05) is 26.0 Å². The highest BCUT2D eigenvalue weighted by molar-refractivity contribution is 5.58. The van der Waals surface area contributed by atoms with Gasteiger partial charge in [-0.15, -0.1) is 0 Å². The van der Waals surface area contributed by atoms with Crippen molar-refractivity contribution >= 4 is 5.69 Å². The molecule has 3 heteroatoms. The molecule has 0 amide bonds. The lowest BCUT2D eigenvalue weighted by Crippen LogP contribution is -2.40. The average molecular weight is 300 g/mol. The van der Waals surface area contributed by atoms with Crippen LogP contribution in [0.5, 0.6) is 0 Å². The molecule has 2 aliphatic rings. The summed E-state index contributed by atoms with van der Waals surface area (Å²) in [6.45, 7) is 7.69. The second kappa shape index (κ2) is 7.30. The van der Waals surface area contributed by atoms with Crippen LogP contribution in [0.3, 0.4) is 0 Å². The first-order chi connectivity index (χ1) is 10.8. The molecule has 0 N–H and O–H groups in total. The molecule has 0 radical (unpaired) electrons. The number of benzene rings is 1. The van der Waals surface area contributed by atoms with E-state index in [0.717, 1.165) is 6.42 Å². The monoisotopic (exact) mass is 300 g/mol. The predicted octanol–water partition coefficient (Wildman–Crippen LogP) is 3.93. The van der Waals surface area contributed by atoms with E-state index in [9.17, 15) is 0 Å². The number of hydrogen-bond donors (Lipinski definition) is 0. The van der Waals surface area contributed by atoms with Gasteiger partial charge >= 0.3 is 0 Å². The molecule has 22 heavy (non-hydrogen) atoms. The van der Waals surface area contributed by atoms with Crippen molar-refractivity contribution in [2.24, 2.45) is 0 Å². The molecular formula is C19H28N2O. The molecule has 0 bridgehead atoms. The molecule has 1 aromatic carbocycles. The highest BCUT2D eigenvalue weighted by Gasteiger charge is 2.26. The lowest BCUT2D eigenvalue weighted by molar-refractivity contribution is 0.172. The van der Waals surface area contributed by atoms with Gasteiger partial charge in [0.1, 0.15) is 0 Å². The van der Waals surface area contributed by atoms with Gasteiger partial charge in [0.15, 0.2) is 0 Å². The summed E-state index contributed by atoms with van der Waals surface area (Å²) in [7, 11) is 0. The molecule has 3 nitrogen and oxygen atoms in total. The van der Waals surface area contributed by atoms with Crippen molar-refractivity contribution in [2.75, 3.05) is 24.8 Å². The molecule has 1 atom stereocenters. The maximum Gasteiger partial charge on any atom is 0.0952 e. The first-order valence-electron chi connectivity index (χ1n) is 8.77. The number of nitrogens with zero attached hydrogens (tertiary/aromatic N) is 2. The minimum absolute atomic E-state index is 0.681. The molecule has 3 rings (SSSR count). The Balaban J connectivity index is 1.82. The van der Waals surface area contributed by atoms with E-state index < -0.39 is 0 Å². The molecule has 0 saturated heterocycles. The zero-order chi connectivity index (χ0) is 15.4. The SMILES string of the molecule is CCCN(CCC)C1CCc2cccc(N3C=CCO3)c2C1. The van der Waals surface area contributed by atoms with E-state index in [-0.39, 0.29) is 0 Å². The number of hydroxylamine groups is 1. The minimum atomic E-state index is 0.681. The molecule has 120 valence electrons. The molecule has 0 fully saturated rings. The summed E-state index contributed by atoms with van der Waals surface area (Å²) < 4.78 is 0. The zero-order valence-corrected chi connectivity index (χ0v) is 13.9. The number of rotatable bonds is 6. The maximum atomic E-state index is 5.70. The summed E-state index contributed by atoms with van der Waals surface area (Å²) in [6, 6.07) is 7.33. The number of aryl methyl sites for hydroxylation is 1. The summed E-state index contributed by atoms with van der Waals surface area (Å²) in [5, 5.41) is 1.95. The average Bonchev–Trinajstić information content (AvgIpc) is 3.08. The molecule has 0 spiro atoms. The Morgan fingerprint density at radius 2 is 2.05 bits per heavy atom. The predicted molar refractivity (Wildman–Crippen MR) is 92.0 cm³/mol. The molecule has 1 aromatic rings. The summed E-state index contributed by atoms with van der Waals surface area (Å²) in [4.78, 5) is 8.40. The van der Waals surface area contributed by atoms with Crippen molar-refractivity contribution in [1.29, 1.82) is 0 Å². The van der Waals surface area contributed by atoms with Crippen molar-refractivity contribution in [2.45, 2.75) is 52.0 Å². The smallest absolute Gasteiger partial charge is 0.0952 e. The first-order valence-corrected chi connectivity index (χ1v) is 8.77. The summed E-state index contributed by atoms with van der Waals surface area (Å²) in [5.41, 5.74) is 4.23. The van der Waals surface area contributed by atoms with Gasteiger partial charge in [0.2, 0.25) is 0 Å². The highest BCUT2D eigenvalue weighted by atomic mass is 16.7. The second-order valence-electron chi connectivity index (χ2n) is 6.35. The fraction of sp³-hybridized carbons (Fsp3) is 0.579. The summed E-state index contributed by atoms with van der Waals surface area (Å²) >= 11 is 0. The third-order valence-corrected chi connectivity index (χ3v) is 4.76. The van der Waals surface area contributed by atoms with Crippen LogP contribution in [0, 0.1) is 0 Å². The standard InChI is InChI=1S/C19H28N2O/c1-3-11-20(12-4-2)17-10-9-16-7-5-8-19(18(16)15-17)21-13-6-14-22-21/h5-8,13,17H,3-4,9-12,14-15H2,1-2H3. The number of anilines is 1. The van der Waals surface area contributed by atoms with Crippen molar-refractivity contribution in [1.82, 2.24) is 4.90 Å². The van der Waals surface area contributed by atoms with Gasteiger partial charge in [0.05, 0.1) is 12.3 Å². The van der Waals surface area contributed by atoms with Gasteiger partial charge < -0.3 is 4.90 Å². The Bertz CT molecular complexity index is 520. The van der Waals surface area contributed by atoms with Crippen LogP contribution in [-0.2, 0) is 17.7 Å². The van der Waals surface area contributed by atoms with Crippen LogP contribution in [0.4, 0.5) is 5.69 Å². The van der Waals surface area contributed by atoms with Crippen LogP contribution in [0.25, 0.3) is 0 Å². The van der Waals surface area contributed by atoms with E-state index in [0.29, 0.717) is 12.6 Å². The molecule has 1 aliphatic heterocycles. The first kappa shape index (κ1) is 15.6. The Hall–Kier alpha value is -1.32. The van der Waals surface area contributed by atoms with E-state index in [1.54, 1.807) is 0 Å². The molecule has 1 aliphatic carbocycles. The van der Waals surface area contributed by atoms with Gasteiger partial charge in [-0.25, -0.2) is 5.06 Å². The van der Waals surface area contributed by atoms with Gasteiger partial charge in [-0.3, -0.25) is 4.84 Å². The largest absolute Gasteiger partial charge is 0.300 e. The lowest BCUT2D eigenvalue weighted by Gasteiger charge is -2.36. The second-order valence-corrected chi connectivity index (χ2v) is 6.35. The van der Waals surface area contributed by atoms with E-state index in [2.05, 4.69) is 49.2 Å². The van der Waals surface area contributed by atoms with Crippen molar-refractivity contribution in [3.63, 3.8) is 0 Å². The Morgan fingerprint density at radius 3 is 2.73 bits per heavy atom. The van der Waals surface area contributed by atoms with Crippen molar-refractivity contribution in [3.05, 3.63) is 41.6 Å². The fourth-order valence-corrected chi connectivity index (χ4v) is 3.78. The van der Waals surface area contributed by atoms with Crippen LogP contribution in [0.2, 0.25) is 0 Å². The Kier molecular flexibility index (Phi) is 5.16. The summed E-state index contributed by atoms with van der Waals surface area (Å²) in [6.07, 6.45) is 10.2. The highest BCUT2D eigenvalue weighted by Crippen LogP contribution is 2.33. The third kappa shape index (κ3) is 3.21. The molecule has 0 aromatic heterocycles. The van der Waals surface area contributed by atoms with Crippen LogP contribution >= 0.6 is 0 Å². The third-order valence-electron chi connectivity index (χ3n) is 4.76. The number of fused-ring (bicyclic) bond motifs is 1. The van der Waals surface area contributed by atoms with E-state index >= 15 is 0 Å². The van der Waals surface area contributed by atoms with Crippen LogP contribution in [-0.4, -0.2) is 30.6 Å². The maximum absolute atomic E-state index is 5.70. The quantitative estimate of drug-likeness (QED) is 0.791. The molecular weight excluding hydrogens is 272 g/mol. The van der Waals surface area contributed by atoms with Gasteiger partial charge in [0, 0.05) is 12.2 Å². The van der Waals surface area contributed by atoms with Gasteiger partial charge in [0.25, 0.3) is 0 Å². The molecule has 0 saturated carbocycles. The summed E-state index contributed by atoms with van der Waals surface area (Å²) in [5.74, 6) is 0. The minimum Gasteiger partial charge on any atom is -0.300 e. The van der Waals surface area contributed by atoms with Gasteiger partial charge in [-0.05, 0) is 68.5 Å². The Labute approximate surface area is 134 Å². The molecule has 1 heterocycles. The van der Waals surface area contributed by atoms with Crippen LogP contribution < -0.4 is 5.06 Å². The topological polar surface area (TPSA) is 15.7 Å². The fourth-order valence-electron chi connectivity index (χ4n) is 3.78. The van der Waals surface area contributed by atoms with E-state index in [1.165, 1.54) is 55.6 Å². The zero-order valence-electron chi connectivity index (χ0n) is 13.9. The Morgan fingerprint density at radius 1 is 1.23 bits per heavy atom.